The Morgan fingerprint density at radius 2 is 1.31 bits per heavy atom. The number of ether oxygens (including phenoxy) is 1. The van der Waals surface area contributed by atoms with E-state index in [9.17, 15) is 0 Å². The van der Waals surface area contributed by atoms with Crippen LogP contribution < -0.4 is 4.74 Å². The van der Waals surface area contributed by atoms with E-state index in [1.165, 1.54) is 48.8 Å². The van der Waals surface area contributed by atoms with Crippen LogP contribution in [0.4, 0.5) is 0 Å². The van der Waals surface area contributed by atoms with Crippen molar-refractivity contribution >= 4 is 17.2 Å². The lowest BCUT2D eigenvalue weighted by Crippen LogP contribution is -2.40. The molecule has 0 radical (unpaired) electrons. The van der Waals surface area contributed by atoms with Gasteiger partial charge in [0.25, 0.3) is 0 Å². The van der Waals surface area contributed by atoms with Crippen LogP contribution in [-0.4, -0.2) is 18.3 Å². The van der Waals surface area contributed by atoms with Gasteiger partial charge >= 0.3 is 0 Å². The average molecular weight is 451 g/mol. The van der Waals surface area contributed by atoms with Crippen LogP contribution in [0.2, 0.25) is 5.02 Å². The van der Waals surface area contributed by atoms with Crippen LogP contribution in [0.25, 0.3) is 5.57 Å². The Bertz CT molecular complexity index is 899. The Morgan fingerprint density at radius 1 is 0.750 bits per heavy atom. The fourth-order valence-electron chi connectivity index (χ4n) is 6.69. The maximum Gasteiger partial charge on any atom is 0.119 e. The minimum atomic E-state index is 0.288. The molecule has 2 aromatic rings. The monoisotopic (exact) mass is 450 g/mol. The van der Waals surface area contributed by atoms with Gasteiger partial charge in [-0.25, -0.2) is 0 Å². The van der Waals surface area contributed by atoms with Gasteiger partial charge in [-0.3, -0.25) is 0 Å². The summed E-state index contributed by atoms with van der Waals surface area (Å²) < 4.78 is 5.99. The van der Waals surface area contributed by atoms with Gasteiger partial charge in [0, 0.05) is 11.6 Å². The summed E-state index contributed by atoms with van der Waals surface area (Å²) in [5, 5.41) is 9.68. The maximum absolute atomic E-state index is 8.89. The molecule has 2 nitrogen and oxygen atoms in total. The number of unbranched alkanes of at least 4 members (excludes halogenated alkanes) is 3. The Kier molecular flexibility index (Phi) is 6.90. The van der Waals surface area contributed by atoms with Crippen LogP contribution in [0.3, 0.4) is 0 Å². The van der Waals surface area contributed by atoms with Gasteiger partial charge in [0.1, 0.15) is 5.75 Å². The fourth-order valence-corrected chi connectivity index (χ4v) is 6.82. The molecule has 0 aromatic heterocycles. The number of rotatable bonds is 9. The third-order valence-electron chi connectivity index (χ3n) is 7.90. The van der Waals surface area contributed by atoms with E-state index in [0.717, 1.165) is 66.7 Å². The summed E-state index contributed by atoms with van der Waals surface area (Å²) >= 11 is 6.23. The highest BCUT2D eigenvalue weighted by atomic mass is 35.5. The normalized spacial score (nSPS) is 25.9. The molecule has 0 saturated heterocycles. The van der Waals surface area contributed by atoms with Crippen molar-refractivity contribution in [2.24, 2.45) is 23.7 Å². The van der Waals surface area contributed by atoms with Crippen molar-refractivity contribution < 1.29 is 9.84 Å². The Hall–Kier alpha value is -1.77. The second kappa shape index (κ2) is 10.0. The first-order valence-electron chi connectivity index (χ1n) is 12.6. The molecule has 0 amide bonds. The lowest BCUT2D eigenvalue weighted by atomic mass is 9.53. The highest BCUT2D eigenvalue weighted by Crippen LogP contribution is 2.58. The first kappa shape index (κ1) is 22.0. The van der Waals surface area contributed by atoms with Gasteiger partial charge in [-0.15, -0.1) is 0 Å². The van der Waals surface area contributed by atoms with E-state index in [1.54, 1.807) is 5.57 Å². The zero-order chi connectivity index (χ0) is 21.9. The predicted molar refractivity (Wildman–Crippen MR) is 132 cm³/mol. The average Bonchev–Trinajstić information content (AvgIpc) is 2.80. The second-order valence-electron chi connectivity index (χ2n) is 10.2. The van der Waals surface area contributed by atoms with Crippen molar-refractivity contribution in [3.63, 3.8) is 0 Å². The third-order valence-corrected chi connectivity index (χ3v) is 8.16. The number of benzene rings is 2. The third kappa shape index (κ3) is 4.77. The Morgan fingerprint density at radius 3 is 1.91 bits per heavy atom. The summed E-state index contributed by atoms with van der Waals surface area (Å²) in [5.41, 5.74) is 5.78. The quantitative estimate of drug-likeness (QED) is 0.400. The molecule has 4 saturated carbocycles. The minimum Gasteiger partial charge on any atom is -0.494 e. The molecule has 4 fully saturated rings. The lowest BCUT2D eigenvalue weighted by molar-refractivity contribution is 0.0705. The molecule has 1 N–H and O–H groups in total. The smallest absolute Gasteiger partial charge is 0.119 e. The summed E-state index contributed by atoms with van der Waals surface area (Å²) in [7, 11) is 0. The van der Waals surface area contributed by atoms with Crippen molar-refractivity contribution in [3.8, 4) is 5.75 Å². The van der Waals surface area contributed by atoms with Crippen molar-refractivity contribution in [2.75, 3.05) is 13.2 Å². The topological polar surface area (TPSA) is 29.5 Å². The summed E-state index contributed by atoms with van der Waals surface area (Å²) in [5.74, 6) is 4.38. The van der Waals surface area contributed by atoms with Gasteiger partial charge in [0.2, 0.25) is 0 Å². The summed E-state index contributed by atoms with van der Waals surface area (Å²) in [6, 6.07) is 17.2. The Labute approximate surface area is 197 Å². The van der Waals surface area contributed by atoms with Crippen molar-refractivity contribution in [3.05, 3.63) is 70.3 Å². The van der Waals surface area contributed by atoms with Gasteiger partial charge < -0.3 is 9.84 Å². The van der Waals surface area contributed by atoms with Crippen molar-refractivity contribution in [1.82, 2.24) is 0 Å². The zero-order valence-electron chi connectivity index (χ0n) is 18.9. The molecule has 6 rings (SSSR count). The van der Waals surface area contributed by atoms with E-state index < -0.39 is 0 Å². The van der Waals surface area contributed by atoms with Crippen LogP contribution in [0.5, 0.6) is 5.75 Å². The molecule has 4 aliphatic carbocycles. The van der Waals surface area contributed by atoms with Crippen LogP contribution in [-0.2, 0) is 0 Å². The molecule has 3 heteroatoms. The maximum atomic E-state index is 8.89. The van der Waals surface area contributed by atoms with E-state index in [-0.39, 0.29) is 6.61 Å². The van der Waals surface area contributed by atoms with Crippen LogP contribution >= 0.6 is 11.6 Å². The molecular formula is C29H35ClO2. The van der Waals surface area contributed by atoms with Crippen LogP contribution in [0, 0.1) is 23.7 Å². The SMILES string of the molecule is OCCCCCCOc1ccc(C(=C2C3C[C@H]4CC2C[C@@H](C3)C4)c2ccc(Cl)cc2)cc1. The second-order valence-corrected chi connectivity index (χ2v) is 10.6. The zero-order valence-corrected chi connectivity index (χ0v) is 19.7. The van der Waals surface area contributed by atoms with Gasteiger partial charge in [-0.05, 0) is 116 Å². The number of hydrogen-bond acceptors (Lipinski definition) is 2. The summed E-state index contributed by atoms with van der Waals surface area (Å²) in [4.78, 5) is 0. The van der Waals surface area contributed by atoms with Gasteiger partial charge in [0.05, 0.1) is 6.61 Å². The molecule has 32 heavy (non-hydrogen) atoms. The molecule has 0 spiro atoms. The van der Waals surface area contributed by atoms with Gasteiger partial charge in [-0.2, -0.15) is 0 Å². The number of halogens is 1. The fraction of sp³-hybridized carbons (Fsp3) is 0.517. The summed E-state index contributed by atoms with van der Waals surface area (Å²) in [6.45, 7) is 1.03. The standard InChI is InChI=1S/C29H35ClO2/c30-26-9-5-22(6-10-26)28(29-24-16-20-15-21(18-24)19-25(29)17-20)23-7-11-27(12-8-23)32-14-4-2-1-3-13-31/h5-12,20-21,24-25,31H,1-4,13-19H2/t20-,21+,24?,25?. The van der Waals surface area contributed by atoms with E-state index >= 15 is 0 Å². The summed E-state index contributed by atoms with van der Waals surface area (Å²) in [6.07, 6.45) is 11.1. The predicted octanol–water partition coefficient (Wildman–Crippen LogP) is 7.53. The Balaban J connectivity index is 1.39. The largest absolute Gasteiger partial charge is 0.494 e. The highest BCUT2D eigenvalue weighted by Gasteiger charge is 2.46. The van der Waals surface area contributed by atoms with Gasteiger partial charge in [0.15, 0.2) is 0 Å². The minimum absolute atomic E-state index is 0.288. The molecular weight excluding hydrogens is 416 g/mol. The molecule has 4 bridgehead atoms. The molecule has 2 aromatic carbocycles. The van der Waals surface area contributed by atoms with Crippen molar-refractivity contribution in [1.29, 1.82) is 0 Å². The van der Waals surface area contributed by atoms with Crippen LogP contribution in [0.1, 0.15) is 68.9 Å². The first-order valence-corrected chi connectivity index (χ1v) is 12.9. The molecule has 170 valence electrons. The van der Waals surface area contributed by atoms with E-state index in [0.29, 0.717) is 0 Å². The number of hydrogen-bond donors (Lipinski definition) is 1. The molecule has 0 heterocycles. The number of allylic oxidation sites excluding steroid dienone is 1. The number of aliphatic hydroxyl groups excluding tert-OH is 1. The molecule has 4 aliphatic rings. The first-order chi connectivity index (χ1) is 15.7. The van der Waals surface area contributed by atoms with Crippen LogP contribution in [0.15, 0.2) is 54.1 Å². The molecule has 0 atom stereocenters. The lowest BCUT2D eigenvalue weighted by Gasteiger charge is -2.52. The molecule has 0 aliphatic heterocycles. The highest BCUT2D eigenvalue weighted by molar-refractivity contribution is 6.30. The van der Waals surface area contributed by atoms with E-state index in [4.69, 9.17) is 21.4 Å². The van der Waals surface area contributed by atoms with E-state index in [2.05, 4.69) is 36.4 Å². The van der Waals surface area contributed by atoms with Crippen molar-refractivity contribution in [2.45, 2.75) is 57.8 Å². The van der Waals surface area contributed by atoms with Gasteiger partial charge in [-0.1, -0.05) is 47.9 Å². The number of aliphatic hydroxyl groups is 1. The molecule has 0 unspecified atom stereocenters. The van der Waals surface area contributed by atoms with E-state index in [1.807, 2.05) is 12.1 Å².